The van der Waals surface area contributed by atoms with Crippen molar-refractivity contribution in [3.8, 4) is 11.5 Å². The predicted octanol–water partition coefficient (Wildman–Crippen LogP) is 4.88. The zero-order chi connectivity index (χ0) is 18.0. The highest BCUT2D eigenvalue weighted by molar-refractivity contribution is 5.90. The molecule has 2 atom stereocenters. The molecule has 4 rings (SSSR count). The number of rotatable bonds is 5. The van der Waals surface area contributed by atoms with Gasteiger partial charge >= 0.3 is 6.03 Å². The number of benzene rings is 1. The van der Waals surface area contributed by atoms with E-state index in [1.807, 2.05) is 37.3 Å². The van der Waals surface area contributed by atoms with Crippen LogP contribution >= 0.6 is 0 Å². The number of hydrogen-bond donors (Lipinski definition) is 2. The molecule has 0 bridgehead atoms. The summed E-state index contributed by atoms with van der Waals surface area (Å²) >= 11 is 0. The first-order valence-electron chi connectivity index (χ1n) is 9.38. The number of fused-ring (bicyclic) bond motifs is 1. The minimum absolute atomic E-state index is 0.124. The first-order chi connectivity index (χ1) is 12.6. The van der Waals surface area contributed by atoms with E-state index in [9.17, 15) is 4.79 Å². The molecule has 5 nitrogen and oxygen atoms in total. The van der Waals surface area contributed by atoms with Gasteiger partial charge in [0.05, 0.1) is 0 Å². The van der Waals surface area contributed by atoms with E-state index in [1.165, 1.54) is 32.1 Å². The van der Waals surface area contributed by atoms with Gasteiger partial charge in [0.1, 0.15) is 11.5 Å². The van der Waals surface area contributed by atoms with Crippen LogP contribution in [0.25, 0.3) is 0 Å². The maximum atomic E-state index is 12.3. The fourth-order valence-electron chi connectivity index (χ4n) is 4.12. The number of pyridine rings is 1. The van der Waals surface area contributed by atoms with Gasteiger partial charge in [0, 0.05) is 24.6 Å². The standard InChI is InChI=1S/C21H25N3O2/c1-15-12-18(26-17-7-10-22-11-8-17)5-6-19(15)24-20(25)23-14-21-9-3-2-4-16(21)13-21/h5-8,10-12,16H,2-4,9,13-14H2,1H3,(H2,23,24,25). The molecule has 0 spiro atoms. The van der Waals surface area contributed by atoms with E-state index in [1.54, 1.807) is 12.4 Å². The zero-order valence-electron chi connectivity index (χ0n) is 15.1. The maximum Gasteiger partial charge on any atom is 0.319 e. The van der Waals surface area contributed by atoms with Crippen LogP contribution in [-0.4, -0.2) is 17.6 Å². The number of aryl methyl sites for hydroxylation is 1. The SMILES string of the molecule is Cc1cc(Oc2ccncc2)ccc1NC(=O)NCC12CCCCC1C2. The molecule has 0 saturated heterocycles. The molecule has 1 aromatic carbocycles. The van der Waals surface area contributed by atoms with E-state index >= 15 is 0 Å². The van der Waals surface area contributed by atoms with Crippen molar-refractivity contribution in [1.82, 2.24) is 10.3 Å². The van der Waals surface area contributed by atoms with Crippen molar-refractivity contribution in [3.63, 3.8) is 0 Å². The molecule has 2 fully saturated rings. The second-order valence-corrected chi connectivity index (χ2v) is 7.58. The molecule has 26 heavy (non-hydrogen) atoms. The summed E-state index contributed by atoms with van der Waals surface area (Å²) in [5, 5.41) is 6.04. The average molecular weight is 351 g/mol. The summed E-state index contributed by atoms with van der Waals surface area (Å²) in [6.07, 6.45) is 9.92. The van der Waals surface area contributed by atoms with Crippen LogP contribution in [0.3, 0.4) is 0 Å². The van der Waals surface area contributed by atoms with Gasteiger partial charge in [0.25, 0.3) is 0 Å². The van der Waals surface area contributed by atoms with Crippen LogP contribution in [0, 0.1) is 18.3 Å². The number of anilines is 1. The third-order valence-electron chi connectivity index (χ3n) is 5.77. The molecular formula is C21H25N3O2. The van der Waals surface area contributed by atoms with Crippen molar-refractivity contribution < 1.29 is 9.53 Å². The summed E-state index contributed by atoms with van der Waals surface area (Å²) in [7, 11) is 0. The Morgan fingerprint density at radius 2 is 2.08 bits per heavy atom. The van der Waals surface area contributed by atoms with Crippen molar-refractivity contribution >= 4 is 11.7 Å². The Balaban J connectivity index is 1.32. The Morgan fingerprint density at radius 1 is 1.23 bits per heavy atom. The van der Waals surface area contributed by atoms with Gasteiger partial charge in [-0.05, 0) is 73.4 Å². The maximum absolute atomic E-state index is 12.3. The zero-order valence-corrected chi connectivity index (χ0v) is 15.1. The molecule has 1 aromatic heterocycles. The lowest BCUT2D eigenvalue weighted by molar-refractivity contribution is 0.245. The molecule has 2 unspecified atom stereocenters. The average Bonchev–Trinajstić information content (AvgIpc) is 3.38. The van der Waals surface area contributed by atoms with E-state index in [0.717, 1.165) is 35.2 Å². The summed E-state index contributed by atoms with van der Waals surface area (Å²) in [6.45, 7) is 2.76. The monoisotopic (exact) mass is 351 g/mol. The molecule has 2 aliphatic carbocycles. The van der Waals surface area contributed by atoms with Crippen molar-refractivity contribution in [2.75, 3.05) is 11.9 Å². The number of nitrogens with one attached hydrogen (secondary N) is 2. The summed E-state index contributed by atoms with van der Waals surface area (Å²) in [5.74, 6) is 2.31. The van der Waals surface area contributed by atoms with Crippen molar-refractivity contribution in [3.05, 3.63) is 48.3 Å². The summed E-state index contributed by atoms with van der Waals surface area (Å²) in [5.41, 5.74) is 2.16. The molecular weight excluding hydrogens is 326 g/mol. The van der Waals surface area contributed by atoms with Crippen LogP contribution in [0.15, 0.2) is 42.7 Å². The number of hydrogen-bond acceptors (Lipinski definition) is 3. The number of amides is 2. The smallest absolute Gasteiger partial charge is 0.319 e. The van der Waals surface area contributed by atoms with Gasteiger partial charge in [-0.25, -0.2) is 4.79 Å². The van der Waals surface area contributed by atoms with Crippen LogP contribution in [0.2, 0.25) is 0 Å². The Hall–Kier alpha value is -2.56. The number of nitrogens with zero attached hydrogens (tertiary/aromatic N) is 1. The summed E-state index contributed by atoms with van der Waals surface area (Å²) in [6, 6.07) is 9.16. The topological polar surface area (TPSA) is 63.2 Å². The van der Waals surface area contributed by atoms with Crippen molar-refractivity contribution in [2.45, 2.75) is 39.0 Å². The largest absolute Gasteiger partial charge is 0.457 e. The highest BCUT2D eigenvalue weighted by Gasteiger charge is 2.54. The molecule has 5 heteroatoms. The molecule has 0 aliphatic heterocycles. The normalized spacial score (nSPS) is 23.7. The number of carbonyl (C=O) groups excluding carboxylic acids is 1. The minimum Gasteiger partial charge on any atom is -0.457 e. The number of ether oxygens (including phenoxy) is 1. The molecule has 1 heterocycles. The second-order valence-electron chi connectivity index (χ2n) is 7.58. The van der Waals surface area contributed by atoms with Crippen molar-refractivity contribution in [1.29, 1.82) is 0 Å². The quantitative estimate of drug-likeness (QED) is 0.806. The fraction of sp³-hybridized carbons (Fsp3) is 0.429. The van der Waals surface area contributed by atoms with Crippen molar-refractivity contribution in [2.24, 2.45) is 11.3 Å². The van der Waals surface area contributed by atoms with E-state index in [0.29, 0.717) is 5.41 Å². The first kappa shape index (κ1) is 16.9. The summed E-state index contributed by atoms with van der Waals surface area (Å²) in [4.78, 5) is 16.3. The van der Waals surface area contributed by atoms with Gasteiger partial charge in [-0.2, -0.15) is 0 Å². The Kier molecular flexibility index (Phi) is 4.53. The summed E-state index contributed by atoms with van der Waals surface area (Å²) < 4.78 is 5.80. The van der Waals surface area contributed by atoms with Gasteiger partial charge in [-0.3, -0.25) is 4.98 Å². The molecule has 2 aliphatic rings. The Morgan fingerprint density at radius 3 is 2.85 bits per heavy atom. The Bertz CT molecular complexity index is 793. The van der Waals surface area contributed by atoms with Gasteiger partial charge < -0.3 is 15.4 Å². The van der Waals surface area contributed by atoms with E-state index < -0.39 is 0 Å². The highest BCUT2D eigenvalue weighted by atomic mass is 16.5. The third-order valence-corrected chi connectivity index (χ3v) is 5.77. The second kappa shape index (κ2) is 6.98. The van der Waals surface area contributed by atoms with Crippen LogP contribution in [-0.2, 0) is 0 Å². The molecule has 2 N–H and O–H groups in total. The van der Waals surface area contributed by atoms with Gasteiger partial charge in [0.2, 0.25) is 0 Å². The molecule has 2 saturated carbocycles. The minimum atomic E-state index is -0.124. The molecule has 2 aromatic rings. The van der Waals surface area contributed by atoms with Gasteiger partial charge in [-0.1, -0.05) is 12.8 Å². The van der Waals surface area contributed by atoms with Crippen LogP contribution in [0.1, 0.15) is 37.7 Å². The fourth-order valence-corrected chi connectivity index (χ4v) is 4.12. The predicted molar refractivity (Wildman–Crippen MR) is 102 cm³/mol. The lowest BCUT2D eigenvalue weighted by atomic mass is 9.88. The number of urea groups is 1. The van der Waals surface area contributed by atoms with Crippen LogP contribution in [0.4, 0.5) is 10.5 Å². The van der Waals surface area contributed by atoms with Crippen LogP contribution in [0.5, 0.6) is 11.5 Å². The van der Waals surface area contributed by atoms with E-state index in [2.05, 4.69) is 15.6 Å². The lowest BCUT2D eigenvalue weighted by Gasteiger charge is -2.22. The van der Waals surface area contributed by atoms with Gasteiger partial charge in [0.15, 0.2) is 0 Å². The molecule has 2 amide bonds. The Labute approximate surface area is 154 Å². The number of aromatic nitrogens is 1. The van der Waals surface area contributed by atoms with Gasteiger partial charge in [-0.15, -0.1) is 0 Å². The number of carbonyl (C=O) groups is 1. The molecule has 136 valence electrons. The lowest BCUT2D eigenvalue weighted by Crippen LogP contribution is -2.35. The molecule has 0 radical (unpaired) electrons. The third kappa shape index (κ3) is 3.66. The van der Waals surface area contributed by atoms with E-state index in [-0.39, 0.29) is 6.03 Å². The van der Waals surface area contributed by atoms with Crippen LogP contribution < -0.4 is 15.4 Å². The van der Waals surface area contributed by atoms with E-state index in [4.69, 9.17) is 4.74 Å². The highest BCUT2D eigenvalue weighted by Crippen LogP contribution is 2.60. The first-order valence-corrected chi connectivity index (χ1v) is 9.38.